The van der Waals surface area contributed by atoms with E-state index in [2.05, 4.69) is 41.7 Å². The van der Waals surface area contributed by atoms with E-state index in [0.717, 1.165) is 5.56 Å². The second-order valence-corrected chi connectivity index (χ2v) is 8.03. The fourth-order valence-electron chi connectivity index (χ4n) is 2.68. The summed E-state index contributed by atoms with van der Waals surface area (Å²) in [6, 6.07) is 12.6. The number of nitrogens with one attached hydrogen (secondary N) is 3. The van der Waals surface area contributed by atoms with Crippen molar-refractivity contribution in [3.8, 4) is 0 Å². The molecular formula is C21H22N4O3S. The van der Waals surface area contributed by atoms with Gasteiger partial charge in [0.25, 0.3) is 5.91 Å². The van der Waals surface area contributed by atoms with Gasteiger partial charge in [-0.1, -0.05) is 32.9 Å². The van der Waals surface area contributed by atoms with E-state index < -0.39 is 0 Å². The zero-order valence-corrected chi connectivity index (χ0v) is 17.4. The molecule has 0 bridgehead atoms. The highest BCUT2D eigenvalue weighted by molar-refractivity contribution is 7.80. The Morgan fingerprint density at radius 1 is 1.03 bits per heavy atom. The molecule has 0 radical (unpaired) electrons. The minimum absolute atomic E-state index is 0.0125. The molecule has 3 N–H and O–H groups in total. The lowest BCUT2D eigenvalue weighted by Gasteiger charge is -2.19. The fraction of sp³-hybridized carbons (Fsp3) is 0.238. The van der Waals surface area contributed by atoms with E-state index in [1.54, 1.807) is 30.3 Å². The SMILES string of the molecule is CC(=O)Nc1ccc2nc(NC(=S)NC(=O)c3ccc(C(C)(C)C)cc3)oc2c1. The molecule has 0 saturated carbocycles. The summed E-state index contributed by atoms with van der Waals surface area (Å²) in [4.78, 5) is 27.8. The van der Waals surface area contributed by atoms with Gasteiger partial charge in [0.1, 0.15) is 5.52 Å². The molecule has 8 heteroatoms. The van der Waals surface area contributed by atoms with Gasteiger partial charge in [0.2, 0.25) is 5.91 Å². The summed E-state index contributed by atoms with van der Waals surface area (Å²) >= 11 is 5.18. The molecule has 150 valence electrons. The topological polar surface area (TPSA) is 96.3 Å². The number of rotatable bonds is 3. The number of hydrogen-bond acceptors (Lipinski definition) is 5. The predicted molar refractivity (Wildman–Crippen MR) is 117 cm³/mol. The van der Waals surface area contributed by atoms with E-state index in [0.29, 0.717) is 22.4 Å². The van der Waals surface area contributed by atoms with E-state index >= 15 is 0 Å². The van der Waals surface area contributed by atoms with Crippen LogP contribution in [0.2, 0.25) is 0 Å². The molecule has 0 aliphatic carbocycles. The van der Waals surface area contributed by atoms with Crippen LogP contribution in [0.4, 0.5) is 11.7 Å². The van der Waals surface area contributed by atoms with Crippen LogP contribution in [0.15, 0.2) is 46.9 Å². The Bertz CT molecular complexity index is 1080. The Balaban J connectivity index is 1.65. The van der Waals surface area contributed by atoms with Crippen molar-refractivity contribution in [2.45, 2.75) is 33.1 Å². The molecule has 0 fully saturated rings. The van der Waals surface area contributed by atoms with Crippen LogP contribution in [-0.2, 0) is 10.2 Å². The third-order valence-corrected chi connectivity index (χ3v) is 4.37. The number of benzene rings is 2. The van der Waals surface area contributed by atoms with Crippen LogP contribution >= 0.6 is 12.2 Å². The first kappa shape index (κ1) is 20.5. The lowest BCUT2D eigenvalue weighted by atomic mass is 9.87. The van der Waals surface area contributed by atoms with Crippen molar-refractivity contribution in [2.24, 2.45) is 0 Å². The van der Waals surface area contributed by atoms with E-state index in [4.69, 9.17) is 16.6 Å². The predicted octanol–water partition coefficient (Wildman–Crippen LogP) is 4.21. The first-order valence-electron chi connectivity index (χ1n) is 9.03. The van der Waals surface area contributed by atoms with Gasteiger partial charge >= 0.3 is 6.01 Å². The first-order valence-corrected chi connectivity index (χ1v) is 9.44. The van der Waals surface area contributed by atoms with Gasteiger partial charge in [0.05, 0.1) is 0 Å². The number of hydrogen-bond donors (Lipinski definition) is 3. The quantitative estimate of drug-likeness (QED) is 0.560. The Kier molecular flexibility index (Phi) is 5.65. The van der Waals surface area contributed by atoms with Crippen LogP contribution in [0.3, 0.4) is 0 Å². The normalized spacial score (nSPS) is 11.2. The molecule has 29 heavy (non-hydrogen) atoms. The number of carbonyl (C=O) groups excluding carboxylic acids is 2. The number of nitrogens with zero attached hydrogens (tertiary/aromatic N) is 1. The highest BCUT2D eigenvalue weighted by Crippen LogP contribution is 2.23. The minimum Gasteiger partial charge on any atom is -0.423 e. The molecule has 2 aromatic carbocycles. The summed E-state index contributed by atoms with van der Waals surface area (Å²) in [5.74, 6) is -0.506. The van der Waals surface area contributed by atoms with Crippen LogP contribution in [0.1, 0.15) is 43.6 Å². The van der Waals surface area contributed by atoms with Gasteiger partial charge in [-0.25, -0.2) is 0 Å². The van der Waals surface area contributed by atoms with E-state index in [-0.39, 0.29) is 28.4 Å². The van der Waals surface area contributed by atoms with Crippen LogP contribution in [0.25, 0.3) is 11.1 Å². The average molecular weight is 410 g/mol. The maximum Gasteiger partial charge on any atom is 0.302 e. The number of carbonyl (C=O) groups is 2. The van der Waals surface area contributed by atoms with Crippen LogP contribution in [0.5, 0.6) is 0 Å². The van der Waals surface area contributed by atoms with E-state index in [1.165, 1.54) is 6.92 Å². The smallest absolute Gasteiger partial charge is 0.302 e. The number of anilines is 2. The van der Waals surface area contributed by atoms with Crippen molar-refractivity contribution < 1.29 is 14.0 Å². The Morgan fingerprint density at radius 3 is 2.34 bits per heavy atom. The standard InChI is InChI=1S/C21H22N4O3S/c1-12(26)22-15-9-10-16-17(11-15)28-19(23-16)25-20(29)24-18(27)13-5-7-14(8-6-13)21(2,3)4/h5-11H,1-4H3,(H,22,26)(H2,23,24,25,27,29). The van der Waals surface area contributed by atoms with Gasteiger partial charge in [0.15, 0.2) is 10.7 Å². The molecule has 0 atom stereocenters. The Labute approximate surface area is 173 Å². The second kappa shape index (κ2) is 8.00. The lowest BCUT2D eigenvalue weighted by Crippen LogP contribution is -2.34. The van der Waals surface area contributed by atoms with Crippen LogP contribution in [-0.4, -0.2) is 21.9 Å². The zero-order valence-electron chi connectivity index (χ0n) is 16.6. The summed E-state index contributed by atoms with van der Waals surface area (Å²) in [6.45, 7) is 7.76. The molecule has 0 spiro atoms. The number of oxazole rings is 1. The van der Waals surface area contributed by atoms with Gasteiger partial charge in [0, 0.05) is 24.2 Å². The maximum atomic E-state index is 12.4. The lowest BCUT2D eigenvalue weighted by molar-refractivity contribution is -0.114. The van der Waals surface area contributed by atoms with Crippen molar-refractivity contribution in [1.29, 1.82) is 0 Å². The summed E-state index contributed by atoms with van der Waals surface area (Å²) < 4.78 is 5.59. The number of fused-ring (bicyclic) bond motifs is 1. The van der Waals surface area contributed by atoms with Gasteiger partial charge in [-0.3, -0.25) is 20.2 Å². The molecule has 0 aliphatic rings. The third-order valence-electron chi connectivity index (χ3n) is 4.17. The second-order valence-electron chi connectivity index (χ2n) is 7.62. The fourth-order valence-corrected chi connectivity index (χ4v) is 2.86. The van der Waals surface area contributed by atoms with Gasteiger partial charge < -0.3 is 9.73 Å². The van der Waals surface area contributed by atoms with Gasteiger partial charge in [-0.2, -0.15) is 4.98 Å². The molecule has 3 aromatic rings. The molecule has 7 nitrogen and oxygen atoms in total. The highest BCUT2D eigenvalue weighted by atomic mass is 32.1. The summed E-state index contributed by atoms with van der Waals surface area (Å²) in [7, 11) is 0. The molecule has 1 aromatic heterocycles. The average Bonchev–Trinajstić information content (AvgIpc) is 3.01. The van der Waals surface area contributed by atoms with Gasteiger partial charge in [-0.05, 0) is 47.5 Å². The molecular weight excluding hydrogens is 388 g/mol. The van der Waals surface area contributed by atoms with E-state index in [1.807, 2.05) is 12.1 Å². The Hall–Kier alpha value is -3.26. The maximum absolute atomic E-state index is 12.4. The van der Waals surface area contributed by atoms with Crippen LogP contribution < -0.4 is 16.0 Å². The van der Waals surface area contributed by atoms with Gasteiger partial charge in [-0.15, -0.1) is 0 Å². The molecule has 0 aliphatic heterocycles. The number of amides is 2. The molecule has 3 rings (SSSR count). The van der Waals surface area contributed by atoms with Crippen molar-refractivity contribution >= 4 is 51.9 Å². The number of thiocarbonyl (C=S) groups is 1. The first-order chi connectivity index (χ1) is 13.6. The van der Waals surface area contributed by atoms with Crippen molar-refractivity contribution in [3.05, 3.63) is 53.6 Å². The Morgan fingerprint density at radius 2 is 1.72 bits per heavy atom. The van der Waals surface area contributed by atoms with E-state index in [9.17, 15) is 9.59 Å². The largest absolute Gasteiger partial charge is 0.423 e. The zero-order chi connectivity index (χ0) is 21.2. The molecule has 1 heterocycles. The van der Waals surface area contributed by atoms with Crippen LogP contribution in [0, 0.1) is 0 Å². The molecule has 0 saturated heterocycles. The summed E-state index contributed by atoms with van der Waals surface area (Å²) in [6.07, 6.45) is 0. The van der Waals surface area contributed by atoms with Crippen molar-refractivity contribution in [3.63, 3.8) is 0 Å². The number of aromatic nitrogens is 1. The summed E-state index contributed by atoms with van der Waals surface area (Å²) in [5.41, 5.74) is 3.32. The van der Waals surface area contributed by atoms with Crippen molar-refractivity contribution in [2.75, 3.05) is 10.6 Å². The third kappa shape index (κ3) is 5.17. The summed E-state index contributed by atoms with van der Waals surface area (Å²) in [5, 5.41) is 8.12. The highest BCUT2D eigenvalue weighted by Gasteiger charge is 2.15. The van der Waals surface area contributed by atoms with Crippen molar-refractivity contribution in [1.82, 2.24) is 10.3 Å². The molecule has 0 unspecified atom stereocenters. The minimum atomic E-state index is -0.327. The monoisotopic (exact) mass is 410 g/mol. The molecule has 2 amide bonds.